The third kappa shape index (κ3) is 5.63. The first-order valence-corrected chi connectivity index (χ1v) is 11.4. The molecule has 0 saturated heterocycles. The average Bonchev–Trinajstić information content (AvgIpc) is 3.37. The van der Waals surface area contributed by atoms with Gasteiger partial charge in [0.25, 0.3) is 5.91 Å². The minimum absolute atomic E-state index is 0.0217. The summed E-state index contributed by atoms with van der Waals surface area (Å²) >= 11 is 1.38. The van der Waals surface area contributed by atoms with Crippen molar-refractivity contribution in [2.24, 2.45) is 0 Å². The van der Waals surface area contributed by atoms with Gasteiger partial charge in [-0.15, -0.1) is 11.3 Å². The molecule has 0 unspecified atom stereocenters. The predicted molar refractivity (Wildman–Crippen MR) is 128 cm³/mol. The first-order valence-electron chi connectivity index (χ1n) is 10.5. The van der Waals surface area contributed by atoms with Crippen LogP contribution in [-0.2, 0) is 21.7 Å². The molecular weight excluding hydrogens is 424 g/mol. The van der Waals surface area contributed by atoms with Gasteiger partial charge in [-0.1, -0.05) is 12.1 Å². The number of benzene rings is 1. The Morgan fingerprint density at radius 3 is 2.53 bits per heavy atom. The number of aromatic nitrogens is 2. The minimum Gasteiger partial charge on any atom is -0.367 e. The van der Waals surface area contributed by atoms with E-state index in [0.29, 0.717) is 17.4 Å². The maximum absolute atomic E-state index is 12.9. The Morgan fingerprint density at radius 1 is 1.22 bits per heavy atom. The lowest BCUT2D eigenvalue weighted by Gasteiger charge is -2.25. The highest BCUT2D eigenvalue weighted by molar-refractivity contribution is 7.14. The summed E-state index contributed by atoms with van der Waals surface area (Å²) in [6, 6.07) is 11.4. The standard InChI is InChI=1S/C24H30N4O3S/c1-16(2)31-24(4,5)21-15-32-23(25-21)26-22(30)20-8-7-13-28(20)14-18-9-11-19(12-10-18)27(6)17(3)29/h7-13,15-16H,14H2,1-6H3,(H,25,26,30). The maximum atomic E-state index is 12.9. The van der Waals surface area contributed by atoms with E-state index in [2.05, 4.69) is 10.3 Å². The predicted octanol–water partition coefficient (Wildman–Crippen LogP) is 4.89. The van der Waals surface area contributed by atoms with E-state index in [0.717, 1.165) is 16.9 Å². The lowest BCUT2D eigenvalue weighted by atomic mass is 10.1. The molecule has 1 aromatic carbocycles. The van der Waals surface area contributed by atoms with Crippen molar-refractivity contribution in [2.45, 2.75) is 52.9 Å². The minimum atomic E-state index is -0.531. The summed E-state index contributed by atoms with van der Waals surface area (Å²) in [5, 5.41) is 5.35. The van der Waals surface area contributed by atoms with Crippen LogP contribution >= 0.6 is 11.3 Å². The molecule has 32 heavy (non-hydrogen) atoms. The summed E-state index contributed by atoms with van der Waals surface area (Å²) in [4.78, 5) is 30.6. The number of hydrogen-bond donors (Lipinski definition) is 1. The summed E-state index contributed by atoms with van der Waals surface area (Å²) in [5.74, 6) is -0.238. The largest absolute Gasteiger partial charge is 0.367 e. The fourth-order valence-electron chi connectivity index (χ4n) is 3.38. The molecule has 0 fully saturated rings. The van der Waals surface area contributed by atoms with Gasteiger partial charge in [0.2, 0.25) is 5.91 Å². The van der Waals surface area contributed by atoms with Crippen LogP contribution in [0.4, 0.5) is 10.8 Å². The second-order valence-electron chi connectivity index (χ2n) is 8.43. The van der Waals surface area contributed by atoms with Gasteiger partial charge < -0.3 is 14.2 Å². The molecular formula is C24H30N4O3S. The zero-order chi connectivity index (χ0) is 23.5. The fraction of sp³-hybridized carbons (Fsp3) is 0.375. The maximum Gasteiger partial charge on any atom is 0.274 e. The number of amides is 2. The number of anilines is 2. The smallest absolute Gasteiger partial charge is 0.274 e. The topological polar surface area (TPSA) is 76.5 Å². The molecule has 2 amide bonds. The molecule has 0 radical (unpaired) electrons. The second-order valence-corrected chi connectivity index (χ2v) is 9.29. The monoisotopic (exact) mass is 454 g/mol. The van der Waals surface area contributed by atoms with E-state index >= 15 is 0 Å². The van der Waals surface area contributed by atoms with Gasteiger partial charge in [0, 0.05) is 37.8 Å². The van der Waals surface area contributed by atoms with Crippen LogP contribution in [0.2, 0.25) is 0 Å². The van der Waals surface area contributed by atoms with Gasteiger partial charge in [-0.05, 0) is 57.5 Å². The summed E-state index contributed by atoms with van der Waals surface area (Å²) in [6.45, 7) is 9.98. The van der Waals surface area contributed by atoms with E-state index in [1.54, 1.807) is 18.0 Å². The third-order valence-corrected chi connectivity index (χ3v) is 5.84. The molecule has 2 heterocycles. The van der Waals surface area contributed by atoms with Crippen molar-refractivity contribution in [3.05, 3.63) is 64.9 Å². The van der Waals surface area contributed by atoms with Gasteiger partial charge in [-0.25, -0.2) is 4.98 Å². The Bertz CT molecular complexity index is 1080. The van der Waals surface area contributed by atoms with Crippen molar-refractivity contribution in [3.8, 4) is 0 Å². The van der Waals surface area contributed by atoms with Gasteiger partial charge in [0.1, 0.15) is 11.3 Å². The van der Waals surface area contributed by atoms with E-state index in [4.69, 9.17) is 4.74 Å². The zero-order valence-corrected chi connectivity index (χ0v) is 20.2. The number of carbonyl (C=O) groups is 2. The van der Waals surface area contributed by atoms with Crippen molar-refractivity contribution in [3.63, 3.8) is 0 Å². The fourth-order valence-corrected chi connectivity index (χ4v) is 4.24. The molecule has 170 valence electrons. The summed E-state index contributed by atoms with van der Waals surface area (Å²) in [6.07, 6.45) is 1.95. The molecule has 0 aliphatic carbocycles. The average molecular weight is 455 g/mol. The van der Waals surface area contributed by atoms with Crippen molar-refractivity contribution in [2.75, 3.05) is 17.3 Å². The van der Waals surface area contributed by atoms with Crippen LogP contribution in [-0.4, -0.2) is 34.5 Å². The van der Waals surface area contributed by atoms with Crippen molar-refractivity contribution in [1.82, 2.24) is 9.55 Å². The molecule has 1 N–H and O–H groups in total. The molecule has 3 aromatic rings. The molecule has 2 aromatic heterocycles. The van der Waals surface area contributed by atoms with Crippen LogP contribution < -0.4 is 10.2 Å². The molecule has 0 aliphatic rings. The van der Waals surface area contributed by atoms with Crippen LogP contribution in [0.1, 0.15) is 56.4 Å². The van der Waals surface area contributed by atoms with Gasteiger partial charge in [0.15, 0.2) is 5.13 Å². The molecule has 8 heteroatoms. The van der Waals surface area contributed by atoms with Crippen LogP contribution in [0.25, 0.3) is 0 Å². The zero-order valence-electron chi connectivity index (χ0n) is 19.4. The van der Waals surface area contributed by atoms with E-state index in [-0.39, 0.29) is 17.9 Å². The number of rotatable bonds is 8. The van der Waals surface area contributed by atoms with E-state index in [9.17, 15) is 9.59 Å². The van der Waals surface area contributed by atoms with Gasteiger partial charge in [0.05, 0.1) is 11.8 Å². The summed E-state index contributed by atoms with van der Waals surface area (Å²) in [7, 11) is 1.74. The van der Waals surface area contributed by atoms with Crippen molar-refractivity contribution in [1.29, 1.82) is 0 Å². The molecule has 3 rings (SSSR count). The quantitative estimate of drug-likeness (QED) is 0.526. The second kappa shape index (κ2) is 9.67. The number of thiazole rings is 1. The highest BCUT2D eigenvalue weighted by Crippen LogP contribution is 2.29. The number of nitrogens with zero attached hydrogens (tertiary/aromatic N) is 3. The van der Waals surface area contributed by atoms with Crippen LogP contribution in [0, 0.1) is 0 Å². The Hall–Kier alpha value is -2.97. The number of hydrogen-bond acceptors (Lipinski definition) is 5. The molecule has 7 nitrogen and oxygen atoms in total. The molecule has 0 aliphatic heterocycles. The summed E-state index contributed by atoms with van der Waals surface area (Å²) < 4.78 is 7.83. The molecule has 0 saturated carbocycles. The number of nitrogens with one attached hydrogen (secondary N) is 1. The Morgan fingerprint density at radius 2 is 1.91 bits per heavy atom. The molecule has 0 atom stereocenters. The first-order chi connectivity index (χ1) is 15.1. The van der Waals surface area contributed by atoms with Crippen molar-refractivity contribution < 1.29 is 14.3 Å². The van der Waals surface area contributed by atoms with Crippen LogP contribution in [0.3, 0.4) is 0 Å². The Kier molecular flexibility index (Phi) is 7.16. The lowest BCUT2D eigenvalue weighted by molar-refractivity contribution is -0.116. The Balaban J connectivity index is 1.69. The Labute approximate surface area is 193 Å². The van der Waals surface area contributed by atoms with Gasteiger partial charge in [-0.3, -0.25) is 14.9 Å². The highest BCUT2D eigenvalue weighted by Gasteiger charge is 2.26. The van der Waals surface area contributed by atoms with Crippen molar-refractivity contribution >= 4 is 34.0 Å². The SMILES string of the molecule is CC(=O)N(C)c1ccc(Cn2cccc2C(=O)Nc2nc(C(C)(C)OC(C)C)cs2)cc1. The van der Waals surface area contributed by atoms with E-state index in [1.807, 2.05) is 74.2 Å². The first kappa shape index (κ1) is 23.7. The number of carbonyl (C=O) groups excluding carboxylic acids is 2. The molecule has 0 bridgehead atoms. The third-order valence-electron chi connectivity index (χ3n) is 5.08. The molecule has 0 spiro atoms. The highest BCUT2D eigenvalue weighted by atomic mass is 32.1. The van der Waals surface area contributed by atoms with Crippen LogP contribution in [0.5, 0.6) is 0 Å². The van der Waals surface area contributed by atoms with Gasteiger partial charge >= 0.3 is 0 Å². The van der Waals surface area contributed by atoms with E-state index in [1.165, 1.54) is 18.3 Å². The normalized spacial score (nSPS) is 11.6. The number of ether oxygens (including phenoxy) is 1. The van der Waals surface area contributed by atoms with E-state index < -0.39 is 5.60 Å². The van der Waals surface area contributed by atoms with Gasteiger partial charge in [-0.2, -0.15) is 0 Å². The lowest BCUT2D eigenvalue weighted by Crippen LogP contribution is -2.26. The van der Waals surface area contributed by atoms with Crippen LogP contribution in [0.15, 0.2) is 48.0 Å². The summed E-state index contributed by atoms with van der Waals surface area (Å²) in [5.41, 5.74) is 2.66.